The molecule has 10 nitrogen and oxygen atoms in total. The average Bonchev–Trinajstić information content (AvgIpc) is 3.31. The highest BCUT2D eigenvalue weighted by Gasteiger charge is 2.21. The molecule has 0 saturated heterocycles. The molecule has 1 fully saturated rings. The first kappa shape index (κ1) is 17.4. The Morgan fingerprint density at radius 2 is 2.17 bits per heavy atom. The number of aromatic nitrogens is 6. The standard InChI is InChI=1S/C18H14ClN7O3/c19-10-2-1-3-12(7-10)29-18-23-14-9(6-13-15(27)24-17(28)22-13)8-20-26(14)16(25-18)21-11-4-5-11/h1-3,6-8,11,27H,4-5H2,(H2,22,24,28). The summed E-state index contributed by atoms with van der Waals surface area (Å²) in [6.45, 7) is 0. The van der Waals surface area contributed by atoms with Crippen LogP contribution in [0.1, 0.15) is 18.5 Å². The molecular weight excluding hydrogens is 398 g/mol. The lowest BCUT2D eigenvalue weighted by Crippen LogP contribution is -2.23. The molecule has 0 amide bonds. The molecule has 11 heteroatoms. The van der Waals surface area contributed by atoms with Crippen LogP contribution in [0.3, 0.4) is 0 Å². The number of nitrogens with one attached hydrogen (secondary N) is 2. The Bertz CT molecular complexity index is 1400. The number of H-pyrrole nitrogens is 2. The summed E-state index contributed by atoms with van der Waals surface area (Å²) in [5.74, 6) is 0.207. The van der Waals surface area contributed by atoms with Crippen LogP contribution in [0.25, 0.3) is 11.7 Å². The predicted molar refractivity (Wildman–Crippen MR) is 103 cm³/mol. The third kappa shape index (κ3) is 3.57. The van der Waals surface area contributed by atoms with Gasteiger partial charge in [-0.25, -0.2) is 9.79 Å². The molecule has 0 unspecified atom stereocenters. The van der Waals surface area contributed by atoms with Crippen molar-refractivity contribution < 1.29 is 9.84 Å². The van der Waals surface area contributed by atoms with Crippen LogP contribution in [0.5, 0.6) is 17.6 Å². The van der Waals surface area contributed by atoms with Crippen LogP contribution in [0.4, 0.5) is 0 Å². The highest BCUT2D eigenvalue weighted by Crippen LogP contribution is 2.23. The zero-order chi connectivity index (χ0) is 20.0. The van der Waals surface area contributed by atoms with Crippen LogP contribution in [0.2, 0.25) is 5.02 Å². The van der Waals surface area contributed by atoms with Gasteiger partial charge in [0.25, 0.3) is 5.62 Å². The van der Waals surface area contributed by atoms with E-state index in [-0.39, 0.29) is 23.6 Å². The average molecular weight is 412 g/mol. The summed E-state index contributed by atoms with van der Waals surface area (Å²) in [7, 11) is 0. The molecule has 1 aromatic carbocycles. The summed E-state index contributed by atoms with van der Waals surface area (Å²) >= 11 is 6.02. The molecule has 29 heavy (non-hydrogen) atoms. The molecular formula is C18H14ClN7O3. The molecule has 1 aliphatic rings. The van der Waals surface area contributed by atoms with Crippen molar-refractivity contribution in [3.05, 3.63) is 62.5 Å². The van der Waals surface area contributed by atoms with Crippen LogP contribution >= 0.6 is 11.6 Å². The molecule has 1 saturated carbocycles. The minimum atomic E-state index is -0.519. The zero-order valence-corrected chi connectivity index (χ0v) is 15.6. The van der Waals surface area contributed by atoms with Crippen LogP contribution in [-0.2, 0) is 0 Å². The third-order valence-corrected chi connectivity index (χ3v) is 4.48. The van der Waals surface area contributed by atoms with Crippen molar-refractivity contribution in [2.24, 2.45) is 4.99 Å². The monoisotopic (exact) mass is 411 g/mol. The van der Waals surface area contributed by atoms with E-state index in [0.717, 1.165) is 12.8 Å². The van der Waals surface area contributed by atoms with E-state index in [4.69, 9.17) is 16.3 Å². The van der Waals surface area contributed by atoms with E-state index >= 15 is 0 Å². The van der Waals surface area contributed by atoms with E-state index in [9.17, 15) is 9.90 Å². The van der Waals surface area contributed by atoms with E-state index in [1.165, 1.54) is 4.52 Å². The third-order valence-electron chi connectivity index (χ3n) is 4.24. The number of benzene rings is 1. The van der Waals surface area contributed by atoms with Crippen molar-refractivity contribution in [1.82, 2.24) is 29.5 Å². The smallest absolute Gasteiger partial charge is 0.327 e. The first-order valence-electron chi connectivity index (χ1n) is 8.81. The number of halogens is 1. The molecule has 0 bridgehead atoms. The first-order chi connectivity index (χ1) is 14.0. The summed E-state index contributed by atoms with van der Waals surface area (Å²) in [6, 6.07) is 7.17. The number of hydrogen-bond acceptors (Lipinski definition) is 7. The molecule has 3 aromatic heterocycles. The van der Waals surface area contributed by atoms with Gasteiger partial charge in [0.15, 0.2) is 5.65 Å². The molecule has 1 aliphatic carbocycles. The van der Waals surface area contributed by atoms with Gasteiger partial charge in [-0.2, -0.15) is 19.6 Å². The van der Waals surface area contributed by atoms with E-state index in [0.29, 0.717) is 27.3 Å². The second-order valence-electron chi connectivity index (χ2n) is 6.55. The topological polar surface area (TPSA) is 134 Å². The van der Waals surface area contributed by atoms with E-state index < -0.39 is 5.69 Å². The van der Waals surface area contributed by atoms with Crippen molar-refractivity contribution in [1.29, 1.82) is 0 Å². The van der Waals surface area contributed by atoms with Crippen LogP contribution in [0.15, 0.2) is 40.2 Å². The van der Waals surface area contributed by atoms with Gasteiger partial charge in [-0.1, -0.05) is 17.7 Å². The van der Waals surface area contributed by atoms with E-state index in [1.54, 1.807) is 36.5 Å². The lowest BCUT2D eigenvalue weighted by molar-refractivity contribution is 0.435. The molecule has 0 radical (unpaired) electrons. The Hall–Kier alpha value is -3.66. The number of aromatic amines is 2. The van der Waals surface area contributed by atoms with Gasteiger partial charge in [0.05, 0.1) is 12.2 Å². The highest BCUT2D eigenvalue weighted by molar-refractivity contribution is 6.30. The molecule has 3 N–H and O–H groups in total. The van der Waals surface area contributed by atoms with Crippen molar-refractivity contribution >= 4 is 23.3 Å². The fourth-order valence-corrected chi connectivity index (χ4v) is 2.92. The molecule has 0 aliphatic heterocycles. The van der Waals surface area contributed by atoms with E-state index in [2.05, 4.69) is 30.0 Å². The quantitative estimate of drug-likeness (QED) is 0.457. The van der Waals surface area contributed by atoms with Gasteiger partial charge in [-0.05, 0) is 37.1 Å². The number of nitrogens with zero attached hydrogens (tertiary/aromatic N) is 5. The predicted octanol–water partition coefficient (Wildman–Crippen LogP) is 0.903. The zero-order valence-electron chi connectivity index (χ0n) is 14.8. The van der Waals surface area contributed by atoms with Gasteiger partial charge in [0.1, 0.15) is 11.4 Å². The van der Waals surface area contributed by atoms with Crippen LogP contribution < -0.4 is 21.3 Å². The molecule has 0 spiro atoms. The lowest BCUT2D eigenvalue weighted by Gasteiger charge is -2.04. The maximum absolute atomic E-state index is 11.4. The minimum absolute atomic E-state index is 0.0844. The number of fused-ring (bicyclic) bond motifs is 1. The summed E-state index contributed by atoms with van der Waals surface area (Å²) in [5, 5.41) is 15.2. The number of rotatable bonds is 4. The Morgan fingerprint density at radius 1 is 1.31 bits per heavy atom. The van der Waals surface area contributed by atoms with Gasteiger partial charge in [0.2, 0.25) is 5.88 Å². The van der Waals surface area contributed by atoms with Crippen molar-refractivity contribution in [3.63, 3.8) is 0 Å². The maximum Gasteiger partial charge on any atom is 0.327 e. The maximum atomic E-state index is 11.4. The van der Waals surface area contributed by atoms with Crippen LogP contribution in [-0.4, -0.2) is 40.7 Å². The van der Waals surface area contributed by atoms with Gasteiger partial charge in [-0.3, -0.25) is 4.98 Å². The molecule has 146 valence electrons. The molecule has 3 heterocycles. The lowest BCUT2D eigenvalue weighted by atomic mass is 10.3. The molecule has 5 rings (SSSR count). The molecule has 0 atom stereocenters. The van der Waals surface area contributed by atoms with Crippen molar-refractivity contribution in [3.8, 4) is 17.6 Å². The second-order valence-corrected chi connectivity index (χ2v) is 6.98. The normalized spacial score (nSPS) is 15.3. The summed E-state index contributed by atoms with van der Waals surface area (Å²) in [5.41, 5.74) is 0.467. The number of aromatic hydroxyl groups is 1. The Labute approximate surface area is 167 Å². The summed E-state index contributed by atoms with van der Waals surface area (Å²) in [4.78, 5) is 29.5. The largest absolute Gasteiger partial charge is 0.493 e. The minimum Gasteiger partial charge on any atom is -0.493 e. The fraction of sp³-hybridized carbons (Fsp3) is 0.167. The number of ether oxygens (including phenoxy) is 1. The summed E-state index contributed by atoms with van der Waals surface area (Å²) in [6.07, 6.45) is 5.08. The van der Waals surface area contributed by atoms with Crippen molar-refractivity contribution in [2.75, 3.05) is 0 Å². The van der Waals surface area contributed by atoms with Gasteiger partial charge < -0.3 is 14.8 Å². The Kier molecular flexibility index (Phi) is 4.06. The van der Waals surface area contributed by atoms with Gasteiger partial charge in [-0.15, -0.1) is 0 Å². The number of imidazole rings is 1. The highest BCUT2D eigenvalue weighted by atomic mass is 35.5. The van der Waals surface area contributed by atoms with Crippen molar-refractivity contribution in [2.45, 2.75) is 18.9 Å². The van der Waals surface area contributed by atoms with E-state index in [1.807, 2.05) is 0 Å². The van der Waals surface area contributed by atoms with Crippen LogP contribution in [0, 0.1) is 0 Å². The fourth-order valence-electron chi connectivity index (χ4n) is 2.74. The second kappa shape index (κ2) is 6.74. The first-order valence-corrected chi connectivity index (χ1v) is 9.19. The van der Waals surface area contributed by atoms with Gasteiger partial charge >= 0.3 is 11.7 Å². The Balaban J connectivity index is 1.68. The summed E-state index contributed by atoms with van der Waals surface area (Å²) < 4.78 is 7.27. The number of hydrogen-bond donors (Lipinski definition) is 3. The van der Waals surface area contributed by atoms with Gasteiger partial charge in [0, 0.05) is 10.2 Å². The molecule has 4 aromatic rings. The Morgan fingerprint density at radius 3 is 2.90 bits per heavy atom. The SMILES string of the molecule is O=c1[nH]c(O)c(C=c2cnn3c(=NC4CC4)nc(Oc4cccc(Cl)c4)nc23)[nH]1.